The number of nitrogens with zero attached hydrogens (tertiary/aromatic N) is 1. The highest BCUT2D eigenvalue weighted by atomic mass is 16.3. The molecule has 1 N–H and O–H groups in total. The van der Waals surface area contributed by atoms with Crippen LogP contribution in [0.1, 0.15) is 48.2 Å². The maximum absolute atomic E-state index is 12.7. The Balaban J connectivity index is 2.31. The van der Waals surface area contributed by atoms with Crippen LogP contribution in [0.3, 0.4) is 0 Å². The van der Waals surface area contributed by atoms with Crippen molar-refractivity contribution < 1.29 is 9.90 Å². The van der Waals surface area contributed by atoms with E-state index in [4.69, 9.17) is 0 Å². The maximum atomic E-state index is 12.7. The van der Waals surface area contributed by atoms with Crippen molar-refractivity contribution in [3.63, 3.8) is 0 Å². The molecule has 0 saturated carbocycles. The molecular formula is C16H23NO2. The van der Waals surface area contributed by atoms with Gasteiger partial charge in [-0.25, -0.2) is 0 Å². The summed E-state index contributed by atoms with van der Waals surface area (Å²) < 4.78 is 0. The molecule has 1 aromatic carbocycles. The van der Waals surface area contributed by atoms with E-state index in [1.54, 1.807) is 13.8 Å². The predicted molar refractivity (Wildman–Crippen MR) is 76.3 cm³/mol. The predicted octanol–water partition coefficient (Wildman–Crippen LogP) is 2.68. The van der Waals surface area contributed by atoms with Crippen molar-refractivity contribution >= 4 is 5.91 Å². The molecule has 1 fully saturated rings. The highest BCUT2D eigenvalue weighted by Crippen LogP contribution is 2.29. The molecule has 1 unspecified atom stereocenters. The lowest BCUT2D eigenvalue weighted by Crippen LogP contribution is -2.48. The molecule has 0 bridgehead atoms. The van der Waals surface area contributed by atoms with Crippen molar-refractivity contribution in [3.05, 3.63) is 34.9 Å². The molecule has 1 amide bonds. The van der Waals surface area contributed by atoms with Crippen molar-refractivity contribution in [1.29, 1.82) is 0 Å². The summed E-state index contributed by atoms with van der Waals surface area (Å²) in [6, 6.07) is 5.86. The average Bonchev–Trinajstić information content (AvgIpc) is 2.80. The van der Waals surface area contributed by atoms with Crippen molar-refractivity contribution in [2.24, 2.45) is 0 Å². The fourth-order valence-electron chi connectivity index (χ4n) is 2.87. The summed E-state index contributed by atoms with van der Waals surface area (Å²) in [7, 11) is 0. The van der Waals surface area contributed by atoms with Crippen LogP contribution in [0.4, 0.5) is 0 Å². The fraction of sp³-hybridized carbons (Fsp3) is 0.562. The van der Waals surface area contributed by atoms with E-state index in [0.717, 1.165) is 36.1 Å². The Labute approximate surface area is 115 Å². The molecule has 3 heteroatoms. The van der Waals surface area contributed by atoms with Crippen molar-refractivity contribution in [2.45, 2.75) is 52.2 Å². The Morgan fingerprint density at radius 2 is 2.05 bits per heavy atom. The summed E-state index contributed by atoms with van der Waals surface area (Å²) in [6.45, 7) is 8.26. The molecule has 0 radical (unpaired) electrons. The van der Waals surface area contributed by atoms with Crippen LogP contribution in [-0.4, -0.2) is 34.1 Å². The lowest BCUT2D eigenvalue weighted by molar-refractivity contribution is 0.000302. The van der Waals surface area contributed by atoms with Gasteiger partial charge in [0.15, 0.2) is 0 Å². The van der Waals surface area contributed by atoms with Crippen LogP contribution in [0, 0.1) is 13.8 Å². The second kappa shape index (κ2) is 4.97. The molecule has 0 spiro atoms. The number of rotatable bonds is 2. The minimum atomic E-state index is -0.843. The molecule has 104 valence electrons. The van der Waals surface area contributed by atoms with Gasteiger partial charge in [-0.1, -0.05) is 17.7 Å². The second-order valence-corrected chi connectivity index (χ2v) is 6.13. The third kappa shape index (κ3) is 2.81. The maximum Gasteiger partial charge on any atom is 0.254 e. The van der Waals surface area contributed by atoms with Gasteiger partial charge in [0.05, 0.1) is 11.6 Å². The Kier molecular flexibility index (Phi) is 3.68. The minimum absolute atomic E-state index is 0.0471. The van der Waals surface area contributed by atoms with Gasteiger partial charge in [0.25, 0.3) is 5.91 Å². The number of hydrogen-bond acceptors (Lipinski definition) is 2. The molecule has 1 aliphatic rings. The summed E-state index contributed by atoms with van der Waals surface area (Å²) in [6.07, 6.45) is 1.84. The van der Waals surface area contributed by atoms with Gasteiger partial charge in [0.2, 0.25) is 0 Å². The normalized spacial score (nSPS) is 19.8. The lowest BCUT2D eigenvalue weighted by atomic mass is 9.95. The summed E-state index contributed by atoms with van der Waals surface area (Å²) in [5.41, 5.74) is 2.00. The van der Waals surface area contributed by atoms with Gasteiger partial charge in [-0.2, -0.15) is 0 Å². The third-order valence-electron chi connectivity index (χ3n) is 3.95. The topological polar surface area (TPSA) is 40.5 Å². The van der Waals surface area contributed by atoms with Crippen LogP contribution < -0.4 is 0 Å². The highest BCUT2D eigenvalue weighted by molar-refractivity contribution is 5.96. The monoisotopic (exact) mass is 261 g/mol. The number of aliphatic hydroxyl groups is 1. The zero-order chi connectivity index (χ0) is 14.2. The molecule has 1 heterocycles. The summed E-state index contributed by atoms with van der Waals surface area (Å²) >= 11 is 0. The van der Waals surface area contributed by atoms with E-state index < -0.39 is 5.60 Å². The van der Waals surface area contributed by atoms with Crippen LogP contribution in [0.25, 0.3) is 0 Å². The number of carbonyl (C=O) groups excluding carboxylic acids is 1. The van der Waals surface area contributed by atoms with Crippen LogP contribution in [-0.2, 0) is 0 Å². The zero-order valence-electron chi connectivity index (χ0n) is 12.2. The molecule has 1 atom stereocenters. The van der Waals surface area contributed by atoms with Gasteiger partial charge in [-0.15, -0.1) is 0 Å². The fourth-order valence-corrected chi connectivity index (χ4v) is 2.87. The summed E-state index contributed by atoms with van der Waals surface area (Å²) in [4.78, 5) is 14.5. The molecule has 0 aliphatic carbocycles. The molecular weight excluding hydrogens is 238 g/mol. The first-order valence-corrected chi connectivity index (χ1v) is 6.91. The first-order valence-electron chi connectivity index (χ1n) is 6.91. The number of hydrogen-bond donors (Lipinski definition) is 1. The van der Waals surface area contributed by atoms with E-state index in [0.29, 0.717) is 0 Å². The van der Waals surface area contributed by atoms with Crippen LogP contribution in [0.15, 0.2) is 18.2 Å². The Bertz CT molecular complexity index is 488. The van der Waals surface area contributed by atoms with E-state index in [9.17, 15) is 9.90 Å². The Hall–Kier alpha value is -1.35. The molecule has 2 rings (SSSR count). The Morgan fingerprint density at radius 1 is 1.37 bits per heavy atom. The van der Waals surface area contributed by atoms with Crippen LogP contribution in [0.5, 0.6) is 0 Å². The second-order valence-electron chi connectivity index (χ2n) is 6.13. The minimum Gasteiger partial charge on any atom is -0.388 e. The van der Waals surface area contributed by atoms with Gasteiger partial charge in [0, 0.05) is 12.1 Å². The number of carbonyl (C=O) groups is 1. The standard InChI is InChI=1S/C16H23NO2/c1-11-7-8-12(2)13(10-11)15(18)17-9-5-6-14(17)16(3,4)19/h7-8,10,14,19H,5-6,9H2,1-4H3. The van der Waals surface area contributed by atoms with Gasteiger partial charge in [0.1, 0.15) is 0 Å². The van der Waals surface area contributed by atoms with Crippen molar-refractivity contribution in [2.75, 3.05) is 6.54 Å². The van der Waals surface area contributed by atoms with E-state index in [-0.39, 0.29) is 11.9 Å². The van der Waals surface area contributed by atoms with Gasteiger partial charge in [-0.05, 0) is 52.2 Å². The molecule has 1 aliphatic heterocycles. The highest BCUT2D eigenvalue weighted by Gasteiger charge is 2.38. The van der Waals surface area contributed by atoms with Gasteiger partial charge >= 0.3 is 0 Å². The number of likely N-dealkylation sites (tertiary alicyclic amines) is 1. The Morgan fingerprint density at radius 3 is 2.68 bits per heavy atom. The van der Waals surface area contributed by atoms with E-state index in [1.165, 1.54) is 0 Å². The van der Waals surface area contributed by atoms with E-state index in [2.05, 4.69) is 0 Å². The lowest BCUT2D eigenvalue weighted by Gasteiger charge is -2.34. The molecule has 19 heavy (non-hydrogen) atoms. The summed E-state index contributed by atoms with van der Waals surface area (Å²) in [5, 5.41) is 10.2. The molecule has 0 aromatic heterocycles. The number of amides is 1. The summed E-state index contributed by atoms with van der Waals surface area (Å²) in [5.74, 6) is 0.0471. The average molecular weight is 261 g/mol. The quantitative estimate of drug-likeness (QED) is 0.889. The zero-order valence-corrected chi connectivity index (χ0v) is 12.2. The SMILES string of the molecule is Cc1ccc(C)c(C(=O)N2CCCC2C(C)(C)O)c1. The first kappa shape index (κ1) is 14.1. The number of aryl methyl sites for hydroxylation is 2. The molecule has 1 saturated heterocycles. The number of benzene rings is 1. The van der Waals surface area contributed by atoms with Crippen molar-refractivity contribution in [1.82, 2.24) is 4.90 Å². The van der Waals surface area contributed by atoms with E-state index in [1.807, 2.05) is 36.9 Å². The van der Waals surface area contributed by atoms with Gasteiger partial charge in [-0.3, -0.25) is 4.79 Å². The van der Waals surface area contributed by atoms with Crippen LogP contribution >= 0.6 is 0 Å². The largest absolute Gasteiger partial charge is 0.388 e. The van der Waals surface area contributed by atoms with E-state index >= 15 is 0 Å². The molecule has 1 aromatic rings. The van der Waals surface area contributed by atoms with Crippen molar-refractivity contribution in [3.8, 4) is 0 Å². The molecule has 3 nitrogen and oxygen atoms in total. The third-order valence-corrected chi connectivity index (χ3v) is 3.95. The first-order chi connectivity index (χ1) is 8.80. The van der Waals surface area contributed by atoms with Crippen LogP contribution in [0.2, 0.25) is 0 Å². The smallest absolute Gasteiger partial charge is 0.254 e. The van der Waals surface area contributed by atoms with Gasteiger partial charge < -0.3 is 10.0 Å².